The van der Waals surface area contributed by atoms with Crippen molar-refractivity contribution in [3.05, 3.63) is 16.1 Å². The van der Waals surface area contributed by atoms with Crippen molar-refractivity contribution < 1.29 is 4.74 Å². The van der Waals surface area contributed by atoms with Crippen LogP contribution in [0.5, 0.6) is 0 Å². The molecule has 4 heteroatoms. The first-order valence-electron chi connectivity index (χ1n) is 7.13. The molecule has 1 N–H and O–H groups in total. The van der Waals surface area contributed by atoms with Crippen LogP contribution in [-0.2, 0) is 16.7 Å². The molecule has 1 heterocycles. The fourth-order valence-electron chi connectivity index (χ4n) is 1.55. The molecular weight excluding hydrogens is 256 g/mol. The monoisotopic (exact) mass is 284 g/mol. The Balaban J connectivity index is 2.11. The van der Waals surface area contributed by atoms with Crippen LogP contribution in [0.2, 0.25) is 0 Å². The number of thiazole rings is 1. The zero-order valence-corrected chi connectivity index (χ0v) is 13.8. The smallest absolute Gasteiger partial charge is 0.107 e. The van der Waals surface area contributed by atoms with Gasteiger partial charge in [0.15, 0.2) is 0 Å². The molecule has 110 valence electrons. The third-order valence-corrected chi connectivity index (χ3v) is 3.54. The van der Waals surface area contributed by atoms with E-state index in [4.69, 9.17) is 4.74 Å². The quantitative estimate of drug-likeness (QED) is 0.741. The summed E-state index contributed by atoms with van der Waals surface area (Å²) in [7, 11) is 0. The topological polar surface area (TPSA) is 34.1 Å². The number of hydrogen-bond donors (Lipinski definition) is 1. The summed E-state index contributed by atoms with van der Waals surface area (Å²) >= 11 is 1.74. The minimum atomic E-state index is 0.152. The highest BCUT2D eigenvalue weighted by Crippen LogP contribution is 2.23. The van der Waals surface area contributed by atoms with Crippen LogP contribution in [0.4, 0.5) is 0 Å². The molecule has 0 fully saturated rings. The summed E-state index contributed by atoms with van der Waals surface area (Å²) in [5.41, 5.74) is 1.34. The predicted octanol–water partition coefficient (Wildman–Crippen LogP) is 3.59. The van der Waals surface area contributed by atoms with Crippen molar-refractivity contribution in [1.82, 2.24) is 10.3 Å². The van der Waals surface area contributed by atoms with Gasteiger partial charge >= 0.3 is 0 Å². The van der Waals surface area contributed by atoms with Gasteiger partial charge in [-0.2, -0.15) is 0 Å². The lowest BCUT2D eigenvalue weighted by molar-refractivity contribution is 0.108. The molecule has 3 nitrogen and oxygen atoms in total. The maximum atomic E-state index is 5.54. The molecule has 1 aromatic heterocycles. The maximum absolute atomic E-state index is 5.54. The van der Waals surface area contributed by atoms with Crippen LogP contribution in [0.25, 0.3) is 0 Å². The van der Waals surface area contributed by atoms with Crippen molar-refractivity contribution in [2.75, 3.05) is 19.8 Å². The van der Waals surface area contributed by atoms with Crippen molar-refractivity contribution in [3.63, 3.8) is 0 Å². The molecule has 0 saturated heterocycles. The van der Waals surface area contributed by atoms with Gasteiger partial charge in [-0.25, -0.2) is 4.98 Å². The molecule has 0 aliphatic heterocycles. The molecule has 0 radical (unpaired) electrons. The van der Waals surface area contributed by atoms with E-state index in [1.54, 1.807) is 11.3 Å². The van der Waals surface area contributed by atoms with Crippen LogP contribution >= 0.6 is 11.3 Å². The van der Waals surface area contributed by atoms with Crippen molar-refractivity contribution in [2.24, 2.45) is 5.92 Å². The van der Waals surface area contributed by atoms with Crippen molar-refractivity contribution in [3.8, 4) is 0 Å². The van der Waals surface area contributed by atoms with E-state index in [1.807, 2.05) is 0 Å². The van der Waals surface area contributed by atoms with Crippen LogP contribution < -0.4 is 5.32 Å². The van der Waals surface area contributed by atoms with Crippen molar-refractivity contribution in [2.45, 2.75) is 53.0 Å². The Bertz CT molecular complexity index is 355. The molecule has 19 heavy (non-hydrogen) atoms. The maximum Gasteiger partial charge on any atom is 0.107 e. The minimum absolute atomic E-state index is 0.152. The van der Waals surface area contributed by atoms with Crippen LogP contribution in [0.1, 0.15) is 51.7 Å². The number of nitrogens with zero attached hydrogens (tertiary/aromatic N) is 1. The number of aromatic nitrogens is 1. The molecule has 0 aliphatic carbocycles. The number of rotatable bonds is 8. The van der Waals surface area contributed by atoms with Crippen LogP contribution in [0, 0.1) is 5.92 Å². The first-order valence-corrected chi connectivity index (χ1v) is 8.01. The second-order valence-electron chi connectivity index (χ2n) is 6.38. The molecule has 0 atom stereocenters. The molecule has 0 amide bonds. The Morgan fingerprint density at radius 1 is 1.37 bits per heavy atom. The third-order valence-electron chi connectivity index (χ3n) is 2.69. The zero-order valence-electron chi connectivity index (χ0n) is 13.0. The SMILES string of the molecule is CC(C)COCCCNCc1nc(C(C)(C)C)cs1. The third kappa shape index (κ3) is 7.04. The van der Waals surface area contributed by atoms with Crippen LogP contribution in [0.3, 0.4) is 0 Å². The first-order chi connectivity index (χ1) is 8.89. The van der Waals surface area contributed by atoms with Gasteiger partial charge in [0.1, 0.15) is 5.01 Å². The van der Waals surface area contributed by atoms with Gasteiger partial charge in [-0.1, -0.05) is 34.6 Å². The molecule has 0 aromatic carbocycles. The Hall–Kier alpha value is -0.450. The van der Waals surface area contributed by atoms with E-state index in [1.165, 1.54) is 10.7 Å². The normalized spacial score (nSPS) is 12.3. The number of ether oxygens (including phenoxy) is 1. The average molecular weight is 284 g/mol. The standard InChI is InChI=1S/C15H28N2OS/c1-12(2)10-18-8-6-7-16-9-14-17-13(11-19-14)15(3,4)5/h11-12,16H,6-10H2,1-5H3. The minimum Gasteiger partial charge on any atom is -0.381 e. The number of nitrogens with one attached hydrogen (secondary N) is 1. The summed E-state index contributed by atoms with van der Waals surface area (Å²) in [4.78, 5) is 4.66. The first kappa shape index (κ1) is 16.6. The largest absolute Gasteiger partial charge is 0.381 e. The molecule has 0 saturated carbocycles. The van der Waals surface area contributed by atoms with Gasteiger partial charge in [0.25, 0.3) is 0 Å². The molecule has 1 rings (SSSR count). The van der Waals surface area contributed by atoms with E-state index in [0.717, 1.165) is 32.7 Å². The lowest BCUT2D eigenvalue weighted by Crippen LogP contribution is -2.17. The van der Waals surface area contributed by atoms with Gasteiger partial charge in [0.2, 0.25) is 0 Å². The summed E-state index contributed by atoms with van der Waals surface area (Å²) in [6.45, 7) is 14.5. The Kier molecular flexibility index (Phi) is 6.97. The summed E-state index contributed by atoms with van der Waals surface area (Å²) in [5, 5.41) is 6.77. The fraction of sp³-hybridized carbons (Fsp3) is 0.800. The summed E-state index contributed by atoms with van der Waals surface area (Å²) in [5.74, 6) is 0.624. The van der Waals surface area contributed by atoms with Crippen molar-refractivity contribution in [1.29, 1.82) is 0 Å². The summed E-state index contributed by atoms with van der Waals surface area (Å²) in [6, 6.07) is 0. The van der Waals surface area contributed by atoms with Gasteiger partial charge in [-0.05, 0) is 18.9 Å². The highest BCUT2D eigenvalue weighted by atomic mass is 32.1. The van der Waals surface area contributed by atoms with Gasteiger partial charge in [0.05, 0.1) is 5.69 Å². The van der Waals surface area contributed by atoms with Crippen LogP contribution in [0.15, 0.2) is 5.38 Å². The molecule has 1 aromatic rings. The summed E-state index contributed by atoms with van der Waals surface area (Å²) < 4.78 is 5.54. The fourth-order valence-corrected chi connectivity index (χ4v) is 2.54. The molecule has 0 unspecified atom stereocenters. The zero-order chi connectivity index (χ0) is 14.3. The average Bonchev–Trinajstić information content (AvgIpc) is 2.75. The molecule has 0 bridgehead atoms. The molecule has 0 aliphatic rings. The van der Waals surface area contributed by atoms with E-state index in [0.29, 0.717) is 5.92 Å². The highest BCUT2D eigenvalue weighted by Gasteiger charge is 2.16. The van der Waals surface area contributed by atoms with Crippen molar-refractivity contribution >= 4 is 11.3 Å². The number of hydrogen-bond acceptors (Lipinski definition) is 4. The predicted molar refractivity (Wildman–Crippen MR) is 82.8 cm³/mol. The van der Waals surface area contributed by atoms with Gasteiger partial charge in [0, 0.05) is 30.6 Å². The lowest BCUT2D eigenvalue weighted by Gasteiger charge is -2.14. The van der Waals surface area contributed by atoms with Gasteiger partial charge in [-0.3, -0.25) is 0 Å². The van der Waals surface area contributed by atoms with Gasteiger partial charge < -0.3 is 10.1 Å². The second kappa shape index (κ2) is 7.98. The highest BCUT2D eigenvalue weighted by molar-refractivity contribution is 7.09. The Morgan fingerprint density at radius 2 is 2.11 bits per heavy atom. The summed E-state index contributed by atoms with van der Waals surface area (Å²) in [6.07, 6.45) is 1.06. The van der Waals surface area contributed by atoms with E-state index < -0.39 is 0 Å². The Labute approximate surface area is 121 Å². The van der Waals surface area contributed by atoms with Gasteiger partial charge in [-0.15, -0.1) is 11.3 Å². The molecular formula is C15H28N2OS. The Morgan fingerprint density at radius 3 is 2.68 bits per heavy atom. The van der Waals surface area contributed by atoms with E-state index in [9.17, 15) is 0 Å². The van der Waals surface area contributed by atoms with E-state index >= 15 is 0 Å². The van der Waals surface area contributed by atoms with Crippen LogP contribution in [-0.4, -0.2) is 24.7 Å². The molecule has 0 spiro atoms. The second-order valence-corrected chi connectivity index (χ2v) is 7.32. The lowest BCUT2D eigenvalue weighted by atomic mass is 9.93. The van der Waals surface area contributed by atoms with E-state index in [2.05, 4.69) is 50.3 Å². The van der Waals surface area contributed by atoms with E-state index in [-0.39, 0.29) is 5.41 Å².